The second-order valence-corrected chi connectivity index (χ2v) is 8.41. The van der Waals surface area contributed by atoms with Gasteiger partial charge in [0.2, 0.25) is 5.91 Å². The van der Waals surface area contributed by atoms with Crippen LogP contribution in [-0.2, 0) is 11.8 Å². The van der Waals surface area contributed by atoms with Crippen LogP contribution in [0, 0.1) is 11.6 Å². The second-order valence-electron chi connectivity index (χ2n) is 6.41. The van der Waals surface area contributed by atoms with E-state index < -0.39 is 17.5 Å². The first-order valence-electron chi connectivity index (χ1n) is 8.86. The molecule has 4 aromatic rings. The van der Waals surface area contributed by atoms with E-state index in [1.54, 1.807) is 7.05 Å². The molecule has 1 amide bonds. The Kier molecular flexibility index (Phi) is 5.65. The SMILES string of the molecule is Cn1c(SCC(=O)Nc2ccc(F)cc2F)nc2cc(-c3ccccc3)sc2c1=O. The maximum Gasteiger partial charge on any atom is 0.271 e. The summed E-state index contributed by atoms with van der Waals surface area (Å²) in [6.07, 6.45) is 0. The van der Waals surface area contributed by atoms with Gasteiger partial charge in [0.1, 0.15) is 16.3 Å². The smallest absolute Gasteiger partial charge is 0.271 e. The van der Waals surface area contributed by atoms with E-state index >= 15 is 0 Å². The van der Waals surface area contributed by atoms with Crippen molar-refractivity contribution in [3.8, 4) is 10.4 Å². The number of benzene rings is 2. The molecule has 4 rings (SSSR count). The number of anilines is 1. The molecule has 2 aromatic heterocycles. The highest BCUT2D eigenvalue weighted by Gasteiger charge is 2.15. The van der Waals surface area contributed by atoms with E-state index in [4.69, 9.17) is 0 Å². The van der Waals surface area contributed by atoms with E-state index in [2.05, 4.69) is 10.3 Å². The molecular weight excluding hydrogens is 428 g/mol. The standard InChI is InChI=1S/C21H15F2N3O2S2/c1-26-20(28)19-16(10-17(30-19)12-5-3-2-4-6-12)25-21(26)29-11-18(27)24-15-8-7-13(22)9-14(15)23/h2-10H,11H2,1H3,(H,24,27). The molecular formula is C21H15F2N3O2S2. The predicted molar refractivity (Wildman–Crippen MR) is 116 cm³/mol. The van der Waals surface area contributed by atoms with Crippen molar-refractivity contribution in [2.45, 2.75) is 5.16 Å². The second kappa shape index (κ2) is 8.37. The molecule has 0 radical (unpaired) electrons. The Morgan fingerprint density at radius 3 is 2.67 bits per heavy atom. The minimum Gasteiger partial charge on any atom is -0.323 e. The fraction of sp³-hybridized carbons (Fsp3) is 0.0952. The van der Waals surface area contributed by atoms with Crippen molar-refractivity contribution >= 4 is 44.9 Å². The number of thioether (sulfide) groups is 1. The van der Waals surface area contributed by atoms with Crippen LogP contribution in [0.15, 0.2) is 64.5 Å². The summed E-state index contributed by atoms with van der Waals surface area (Å²) < 4.78 is 28.6. The summed E-state index contributed by atoms with van der Waals surface area (Å²) in [6, 6.07) is 14.5. The highest BCUT2D eigenvalue weighted by atomic mass is 32.2. The number of hydrogen-bond acceptors (Lipinski definition) is 5. The van der Waals surface area contributed by atoms with Crippen LogP contribution in [0.2, 0.25) is 0 Å². The van der Waals surface area contributed by atoms with E-state index in [-0.39, 0.29) is 17.0 Å². The number of halogens is 2. The number of amides is 1. The quantitative estimate of drug-likeness (QED) is 0.360. The van der Waals surface area contributed by atoms with Crippen molar-refractivity contribution in [2.75, 3.05) is 11.1 Å². The molecule has 0 aliphatic heterocycles. The summed E-state index contributed by atoms with van der Waals surface area (Å²) in [5, 5.41) is 2.76. The van der Waals surface area contributed by atoms with Gasteiger partial charge in [0.05, 0.1) is 17.0 Å². The van der Waals surface area contributed by atoms with Crippen LogP contribution in [0.4, 0.5) is 14.5 Å². The lowest BCUT2D eigenvalue weighted by Gasteiger charge is -2.08. The number of nitrogens with one attached hydrogen (secondary N) is 1. The molecule has 5 nitrogen and oxygen atoms in total. The van der Waals surface area contributed by atoms with Gasteiger partial charge in [0.25, 0.3) is 5.56 Å². The molecule has 0 spiro atoms. The van der Waals surface area contributed by atoms with Gasteiger partial charge in [-0.3, -0.25) is 14.2 Å². The minimum absolute atomic E-state index is 0.0850. The van der Waals surface area contributed by atoms with Gasteiger partial charge in [0, 0.05) is 18.0 Å². The van der Waals surface area contributed by atoms with E-state index in [1.165, 1.54) is 15.9 Å². The van der Waals surface area contributed by atoms with Gasteiger partial charge >= 0.3 is 0 Å². The van der Waals surface area contributed by atoms with Crippen LogP contribution in [0.3, 0.4) is 0 Å². The fourth-order valence-electron chi connectivity index (χ4n) is 2.82. The number of hydrogen-bond donors (Lipinski definition) is 1. The zero-order valence-electron chi connectivity index (χ0n) is 15.7. The number of aromatic nitrogens is 2. The van der Waals surface area contributed by atoms with Crippen LogP contribution in [0.1, 0.15) is 0 Å². The maximum absolute atomic E-state index is 13.7. The van der Waals surface area contributed by atoms with Gasteiger partial charge in [-0.25, -0.2) is 13.8 Å². The first-order valence-corrected chi connectivity index (χ1v) is 10.7. The lowest BCUT2D eigenvalue weighted by atomic mass is 10.2. The number of nitrogens with zero attached hydrogens (tertiary/aromatic N) is 2. The molecule has 0 bridgehead atoms. The molecule has 9 heteroatoms. The molecule has 2 heterocycles. The summed E-state index contributed by atoms with van der Waals surface area (Å²) in [5.74, 6) is -2.15. The molecule has 0 saturated heterocycles. The number of rotatable bonds is 5. The molecule has 0 aliphatic rings. The predicted octanol–water partition coefficient (Wildman–Crippen LogP) is 4.67. The molecule has 1 N–H and O–H groups in total. The largest absolute Gasteiger partial charge is 0.323 e. The van der Waals surface area contributed by atoms with Crippen LogP contribution >= 0.6 is 23.1 Å². The lowest BCUT2D eigenvalue weighted by Crippen LogP contribution is -2.20. The molecule has 30 heavy (non-hydrogen) atoms. The Bertz CT molecular complexity index is 1300. The summed E-state index contributed by atoms with van der Waals surface area (Å²) >= 11 is 2.44. The van der Waals surface area contributed by atoms with Gasteiger partial charge in [-0.15, -0.1) is 11.3 Å². The van der Waals surface area contributed by atoms with Crippen LogP contribution in [-0.4, -0.2) is 21.2 Å². The van der Waals surface area contributed by atoms with E-state index in [1.807, 2.05) is 36.4 Å². The van der Waals surface area contributed by atoms with Gasteiger partial charge in [-0.05, 0) is 23.8 Å². The van der Waals surface area contributed by atoms with Crippen molar-refractivity contribution in [1.29, 1.82) is 0 Å². The summed E-state index contributed by atoms with van der Waals surface area (Å²) in [4.78, 5) is 30.4. The summed E-state index contributed by atoms with van der Waals surface area (Å²) in [5.41, 5.74) is 1.26. The third-order valence-corrected chi connectivity index (χ3v) is 6.50. The number of carbonyl (C=O) groups excluding carboxylic acids is 1. The molecule has 0 saturated carbocycles. The van der Waals surface area contributed by atoms with Gasteiger partial charge in [-0.1, -0.05) is 42.1 Å². The molecule has 2 aromatic carbocycles. The Morgan fingerprint density at radius 1 is 1.17 bits per heavy atom. The highest BCUT2D eigenvalue weighted by Crippen LogP contribution is 2.31. The Balaban J connectivity index is 1.54. The van der Waals surface area contributed by atoms with Gasteiger partial charge in [0.15, 0.2) is 5.16 Å². The zero-order valence-corrected chi connectivity index (χ0v) is 17.3. The van der Waals surface area contributed by atoms with Crippen LogP contribution in [0.5, 0.6) is 0 Å². The van der Waals surface area contributed by atoms with E-state index in [9.17, 15) is 18.4 Å². The van der Waals surface area contributed by atoms with Gasteiger partial charge < -0.3 is 5.32 Å². The van der Waals surface area contributed by atoms with Crippen molar-refractivity contribution < 1.29 is 13.6 Å². The van der Waals surface area contributed by atoms with E-state index in [0.717, 1.165) is 34.3 Å². The Labute approximate surface area is 178 Å². The molecule has 0 atom stereocenters. The zero-order chi connectivity index (χ0) is 21.3. The third kappa shape index (κ3) is 4.12. The minimum atomic E-state index is -0.855. The van der Waals surface area contributed by atoms with Gasteiger partial charge in [-0.2, -0.15) is 0 Å². The molecule has 0 aliphatic carbocycles. The molecule has 0 fully saturated rings. The Hall–Kier alpha value is -3.04. The number of fused-ring (bicyclic) bond motifs is 1. The first kappa shape index (κ1) is 20.2. The first-order chi connectivity index (χ1) is 14.4. The van der Waals surface area contributed by atoms with Crippen molar-refractivity contribution in [2.24, 2.45) is 7.05 Å². The van der Waals surface area contributed by atoms with E-state index in [0.29, 0.717) is 21.4 Å². The Morgan fingerprint density at radius 2 is 1.93 bits per heavy atom. The summed E-state index contributed by atoms with van der Waals surface area (Å²) in [7, 11) is 1.59. The average Bonchev–Trinajstić information content (AvgIpc) is 3.17. The van der Waals surface area contributed by atoms with Crippen molar-refractivity contribution in [3.05, 3.63) is 76.6 Å². The fourth-order valence-corrected chi connectivity index (χ4v) is 4.67. The number of thiophene rings is 1. The summed E-state index contributed by atoms with van der Waals surface area (Å²) in [6.45, 7) is 0. The maximum atomic E-state index is 13.7. The topological polar surface area (TPSA) is 64.0 Å². The third-order valence-electron chi connectivity index (χ3n) is 4.31. The molecule has 0 unspecified atom stereocenters. The lowest BCUT2D eigenvalue weighted by molar-refractivity contribution is -0.113. The highest BCUT2D eigenvalue weighted by molar-refractivity contribution is 7.99. The van der Waals surface area contributed by atoms with Crippen LogP contribution < -0.4 is 10.9 Å². The van der Waals surface area contributed by atoms with Crippen molar-refractivity contribution in [3.63, 3.8) is 0 Å². The monoisotopic (exact) mass is 443 g/mol. The normalized spacial score (nSPS) is 11.0. The van der Waals surface area contributed by atoms with Crippen LogP contribution in [0.25, 0.3) is 20.7 Å². The van der Waals surface area contributed by atoms with Crippen molar-refractivity contribution in [1.82, 2.24) is 9.55 Å². The molecule has 152 valence electrons. The number of carbonyl (C=O) groups is 1. The average molecular weight is 444 g/mol.